The number of likely N-dealkylation sites (tertiary alicyclic amines) is 1. The Kier molecular flexibility index (Phi) is 4.78. The van der Waals surface area contributed by atoms with E-state index < -0.39 is 0 Å². The van der Waals surface area contributed by atoms with E-state index in [1.807, 2.05) is 13.8 Å². The first-order valence-electron chi connectivity index (χ1n) is 6.37. The number of hydrogen-bond acceptors (Lipinski definition) is 3. The molecule has 0 atom stereocenters. The molecule has 0 unspecified atom stereocenters. The van der Waals surface area contributed by atoms with Crippen molar-refractivity contribution in [1.82, 2.24) is 4.90 Å². The van der Waals surface area contributed by atoms with Crippen LogP contribution in [0.4, 0.5) is 0 Å². The van der Waals surface area contributed by atoms with Crippen molar-refractivity contribution in [3.63, 3.8) is 0 Å². The molecule has 3 heteroatoms. The largest absolute Gasteiger partial charge is 0.462 e. The summed E-state index contributed by atoms with van der Waals surface area (Å²) in [5.41, 5.74) is 0.485. The summed E-state index contributed by atoms with van der Waals surface area (Å²) in [6, 6.07) is 0. The molecule has 0 aliphatic carbocycles. The van der Waals surface area contributed by atoms with Gasteiger partial charge in [0.25, 0.3) is 0 Å². The molecule has 0 N–H and O–H groups in total. The van der Waals surface area contributed by atoms with Crippen LogP contribution >= 0.6 is 0 Å². The molecule has 0 spiro atoms. The van der Waals surface area contributed by atoms with E-state index in [4.69, 9.17) is 4.74 Å². The van der Waals surface area contributed by atoms with Crippen molar-refractivity contribution in [2.45, 2.75) is 53.1 Å². The molecular formula is C13H25NO2. The molecule has 1 rings (SSSR count). The van der Waals surface area contributed by atoms with Crippen molar-refractivity contribution < 1.29 is 9.53 Å². The lowest BCUT2D eigenvalue weighted by Crippen LogP contribution is -2.41. The summed E-state index contributed by atoms with van der Waals surface area (Å²) in [5, 5.41) is 0. The Morgan fingerprint density at radius 3 is 2.38 bits per heavy atom. The summed E-state index contributed by atoms with van der Waals surface area (Å²) in [6.07, 6.45) is 3.62. The fourth-order valence-electron chi connectivity index (χ4n) is 2.09. The number of piperidine rings is 1. The van der Waals surface area contributed by atoms with Crippen LogP contribution in [0.3, 0.4) is 0 Å². The lowest BCUT2D eigenvalue weighted by atomic mass is 9.78. The van der Waals surface area contributed by atoms with Crippen LogP contribution in [0.5, 0.6) is 0 Å². The first kappa shape index (κ1) is 13.5. The van der Waals surface area contributed by atoms with Crippen molar-refractivity contribution in [1.29, 1.82) is 0 Å². The predicted molar refractivity (Wildman–Crippen MR) is 65.3 cm³/mol. The van der Waals surface area contributed by atoms with E-state index in [2.05, 4.69) is 18.7 Å². The van der Waals surface area contributed by atoms with Crippen LogP contribution in [0, 0.1) is 5.41 Å². The van der Waals surface area contributed by atoms with Crippen molar-refractivity contribution in [3.8, 4) is 0 Å². The van der Waals surface area contributed by atoms with Gasteiger partial charge >= 0.3 is 5.97 Å². The lowest BCUT2D eigenvalue weighted by molar-refractivity contribution is -0.149. The molecule has 0 aromatic rings. The minimum atomic E-state index is -0.0879. The molecule has 0 aromatic carbocycles. The van der Waals surface area contributed by atoms with Crippen molar-refractivity contribution in [2.24, 2.45) is 5.41 Å². The van der Waals surface area contributed by atoms with Gasteiger partial charge in [-0.3, -0.25) is 9.69 Å². The molecule has 1 aliphatic heterocycles. The Morgan fingerprint density at radius 2 is 1.94 bits per heavy atom. The SMILES string of the molecule is CCC1(C)CCN(CC(=O)OC(C)C)CC1. The summed E-state index contributed by atoms with van der Waals surface area (Å²) in [7, 11) is 0. The molecule has 3 nitrogen and oxygen atoms in total. The molecule has 1 aliphatic rings. The monoisotopic (exact) mass is 227 g/mol. The zero-order valence-corrected chi connectivity index (χ0v) is 11.1. The van der Waals surface area contributed by atoms with Crippen molar-refractivity contribution in [2.75, 3.05) is 19.6 Å². The number of ether oxygens (including phenoxy) is 1. The van der Waals surface area contributed by atoms with Gasteiger partial charge in [0.05, 0.1) is 12.6 Å². The van der Waals surface area contributed by atoms with E-state index in [1.54, 1.807) is 0 Å². The lowest BCUT2D eigenvalue weighted by Gasteiger charge is -2.38. The van der Waals surface area contributed by atoms with Gasteiger partial charge in [0.15, 0.2) is 0 Å². The third-order valence-electron chi connectivity index (χ3n) is 3.64. The standard InChI is InChI=1S/C13H25NO2/c1-5-13(4)6-8-14(9-7-13)10-12(15)16-11(2)3/h11H,5-10H2,1-4H3. The second kappa shape index (κ2) is 5.67. The highest BCUT2D eigenvalue weighted by atomic mass is 16.5. The molecule has 16 heavy (non-hydrogen) atoms. The van der Waals surface area contributed by atoms with E-state index >= 15 is 0 Å². The number of nitrogens with zero attached hydrogens (tertiary/aromatic N) is 1. The van der Waals surface area contributed by atoms with Gasteiger partial charge in [-0.1, -0.05) is 20.3 Å². The number of hydrogen-bond donors (Lipinski definition) is 0. The Hall–Kier alpha value is -0.570. The van der Waals surface area contributed by atoms with Crippen LogP contribution in [0.15, 0.2) is 0 Å². The highest BCUT2D eigenvalue weighted by molar-refractivity contribution is 5.71. The Morgan fingerprint density at radius 1 is 1.38 bits per heavy atom. The van der Waals surface area contributed by atoms with Gasteiger partial charge in [-0.05, 0) is 45.2 Å². The van der Waals surface area contributed by atoms with Gasteiger partial charge in [-0.2, -0.15) is 0 Å². The Bertz CT molecular complexity index is 230. The van der Waals surface area contributed by atoms with Crippen LogP contribution < -0.4 is 0 Å². The Labute approximate surface area is 99.1 Å². The van der Waals surface area contributed by atoms with Gasteiger partial charge in [-0.25, -0.2) is 0 Å². The first-order chi connectivity index (χ1) is 7.45. The minimum absolute atomic E-state index is 0.00167. The van der Waals surface area contributed by atoms with E-state index in [0.29, 0.717) is 12.0 Å². The Balaban J connectivity index is 2.29. The van der Waals surface area contributed by atoms with Gasteiger partial charge < -0.3 is 4.74 Å². The topological polar surface area (TPSA) is 29.5 Å². The van der Waals surface area contributed by atoms with E-state index in [1.165, 1.54) is 19.3 Å². The molecule has 1 saturated heterocycles. The predicted octanol–water partition coefficient (Wildman–Crippen LogP) is 2.45. The fourth-order valence-corrected chi connectivity index (χ4v) is 2.09. The maximum Gasteiger partial charge on any atom is 0.320 e. The first-order valence-corrected chi connectivity index (χ1v) is 6.37. The molecule has 94 valence electrons. The number of esters is 1. The van der Waals surface area contributed by atoms with E-state index in [9.17, 15) is 4.79 Å². The van der Waals surface area contributed by atoms with Crippen molar-refractivity contribution in [3.05, 3.63) is 0 Å². The second-order valence-corrected chi connectivity index (χ2v) is 5.48. The summed E-state index contributed by atoms with van der Waals surface area (Å²) in [6.45, 7) is 10.9. The summed E-state index contributed by atoms with van der Waals surface area (Å²) in [4.78, 5) is 13.7. The van der Waals surface area contributed by atoms with Crippen LogP contribution in [0.1, 0.15) is 47.0 Å². The fraction of sp³-hybridized carbons (Fsp3) is 0.923. The third-order valence-corrected chi connectivity index (χ3v) is 3.64. The highest BCUT2D eigenvalue weighted by Gasteiger charge is 2.29. The zero-order valence-electron chi connectivity index (χ0n) is 11.1. The summed E-state index contributed by atoms with van der Waals surface area (Å²) >= 11 is 0. The molecule has 0 amide bonds. The average molecular weight is 227 g/mol. The molecule has 1 heterocycles. The van der Waals surface area contributed by atoms with Gasteiger partial charge in [0.2, 0.25) is 0 Å². The smallest absolute Gasteiger partial charge is 0.320 e. The van der Waals surface area contributed by atoms with Gasteiger partial charge in [0.1, 0.15) is 0 Å². The van der Waals surface area contributed by atoms with Crippen LogP contribution in [0.25, 0.3) is 0 Å². The molecular weight excluding hydrogens is 202 g/mol. The second-order valence-electron chi connectivity index (χ2n) is 5.48. The number of carbonyl (C=O) groups excluding carboxylic acids is 1. The quantitative estimate of drug-likeness (QED) is 0.691. The minimum Gasteiger partial charge on any atom is -0.462 e. The van der Waals surface area contributed by atoms with Crippen LogP contribution in [-0.2, 0) is 9.53 Å². The van der Waals surface area contributed by atoms with E-state index in [0.717, 1.165) is 13.1 Å². The molecule has 1 fully saturated rings. The normalized spacial score (nSPS) is 21.1. The van der Waals surface area contributed by atoms with Crippen LogP contribution in [0.2, 0.25) is 0 Å². The highest BCUT2D eigenvalue weighted by Crippen LogP contribution is 2.33. The average Bonchev–Trinajstić information content (AvgIpc) is 2.21. The van der Waals surface area contributed by atoms with Gasteiger partial charge in [0, 0.05) is 0 Å². The maximum absolute atomic E-state index is 11.5. The molecule has 0 aromatic heterocycles. The van der Waals surface area contributed by atoms with Crippen LogP contribution in [-0.4, -0.2) is 36.6 Å². The van der Waals surface area contributed by atoms with Crippen molar-refractivity contribution >= 4 is 5.97 Å². The maximum atomic E-state index is 11.5. The summed E-state index contributed by atoms with van der Waals surface area (Å²) < 4.78 is 5.15. The van der Waals surface area contributed by atoms with Gasteiger partial charge in [-0.15, -0.1) is 0 Å². The number of carbonyl (C=O) groups is 1. The third kappa shape index (κ3) is 4.12. The molecule has 0 bridgehead atoms. The molecule has 0 saturated carbocycles. The zero-order chi connectivity index (χ0) is 12.2. The van der Waals surface area contributed by atoms with E-state index in [-0.39, 0.29) is 12.1 Å². The summed E-state index contributed by atoms with van der Waals surface area (Å²) in [5.74, 6) is -0.0879. The molecule has 0 radical (unpaired) electrons. The number of rotatable bonds is 4.